The monoisotopic (exact) mass is 259 g/mol. The number of nitrogens with one attached hydrogen (secondary N) is 2. The lowest BCUT2D eigenvalue weighted by Crippen LogP contribution is -2.43. The highest BCUT2D eigenvalue weighted by molar-refractivity contribution is 6.29. The molecule has 1 heterocycles. The van der Waals surface area contributed by atoms with Crippen molar-refractivity contribution in [3.63, 3.8) is 0 Å². The molecule has 1 aromatic heterocycles. The first-order chi connectivity index (χ1) is 8.04. The van der Waals surface area contributed by atoms with Crippen LogP contribution in [0.15, 0.2) is 18.3 Å². The van der Waals surface area contributed by atoms with Crippen LogP contribution in [-0.2, 0) is 11.4 Å². The summed E-state index contributed by atoms with van der Waals surface area (Å²) in [4.78, 5) is 18.6. The van der Waals surface area contributed by atoms with E-state index in [0.717, 1.165) is 12.7 Å². The second-order valence-electron chi connectivity index (χ2n) is 2.88. The summed E-state index contributed by atoms with van der Waals surface area (Å²) in [5.41, 5.74) is 0.735. The van der Waals surface area contributed by atoms with Crippen LogP contribution in [0.3, 0.4) is 0 Å². The first-order valence-corrected chi connectivity index (χ1v) is 4.83. The minimum absolute atomic E-state index is 0.205. The third-order valence-corrected chi connectivity index (χ3v) is 1.98. The molecule has 0 aliphatic carbocycles. The maximum Gasteiger partial charge on any atom is 0.288 e. The van der Waals surface area contributed by atoms with Crippen molar-refractivity contribution in [2.24, 2.45) is 0 Å². The molecule has 1 rings (SSSR count). The Labute approximate surface area is 102 Å². The van der Waals surface area contributed by atoms with Gasteiger partial charge < -0.3 is 5.32 Å². The van der Waals surface area contributed by atoms with Gasteiger partial charge in [-0.3, -0.25) is 5.41 Å². The molecule has 0 saturated carbocycles. The molecule has 2 N–H and O–H groups in total. The number of halogens is 1. The van der Waals surface area contributed by atoms with Crippen LogP contribution in [-0.4, -0.2) is 28.3 Å². The molecule has 0 unspecified atom stereocenters. The van der Waals surface area contributed by atoms with Gasteiger partial charge in [0.05, 0.1) is 12.3 Å². The number of nitrogens with zero attached hydrogens (tertiary/aromatic N) is 3. The van der Waals surface area contributed by atoms with Crippen LogP contribution in [0.25, 0.3) is 0 Å². The zero-order chi connectivity index (χ0) is 12.8. The van der Waals surface area contributed by atoms with Crippen LogP contribution >= 0.6 is 11.6 Å². The van der Waals surface area contributed by atoms with E-state index in [9.17, 15) is 10.1 Å². The van der Waals surface area contributed by atoms with Gasteiger partial charge in [0.2, 0.25) is 0 Å². The predicted octanol–water partition coefficient (Wildman–Crippen LogP) is 0.814. The summed E-state index contributed by atoms with van der Waals surface area (Å²) in [7, 11) is 1.10. The zero-order valence-electron chi connectivity index (χ0n) is 8.88. The van der Waals surface area contributed by atoms with Gasteiger partial charge in [0.1, 0.15) is 5.15 Å². The molecule has 0 fully saturated rings. The van der Waals surface area contributed by atoms with Crippen molar-refractivity contribution >= 4 is 17.6 Å². The maximum atomic E-state index is 10.4. The summed E-state index contributed by atoms with van der Waals surface area (Å²) >= 11 is 5.60. The van der Waals surface area contributed by atoms with E-state index in [1.165, 1.54) is 6.20 Å². The normalized spacial score (nSPS) is 9.76. The topological polar surface area (TPSA) is 104 Å². The number of hydrazine groups is 1. The average Bonchev–Trinajstić information content (AvgIpc) is 2.28. The summed E-state index contributed by atoms with van der Waals surface area (Å²) in [6.45, 7) is 0.205. The molecule has 0 bridgehead atoms. The molecule has 8 nitrogen and oxygen atoms in total. The third kappa shape index (κ3) is 3.85. The molecule has 0 aliphatic rings. The fourth-order valence-corrected chi connectivity index (χ4v) is 1.12. The Morgan fingerprint density at radius 3 is 2.94 bits per heavy atom. The largest absolute Gasteiger partial charge is 0.345 e. The van der Waals surface area contributed by atoms with Crippen molar-refractivity contribution < 1.29 is 9.87 Å². The molecule has 0 saturated heterocycles. The van der Waals surface area contributed by atoms with E-state index < -0.39 is 11.0 Å². The van der Waals surface area contributed by atoms with Crippen molar-refractivity contribution in [1.82, 2.24) is 15.5 Å². The minimum Gasteiger partial charge on any atom is -0.345 e. The van der Waals surface area contributed by atoms with Crippen LogP contribution < -0.4 is 5.32 Å². The van der Waals surface area contributed by atoms with Crippen molar-refractivity contribution in [3.05, 3.63) is 39.2 Å². The van der Waals surface area contributed by atoms with E-state index in [1.54, 1.807) is 12.1 Å². The smallest absolute Gasteiger partial charge is 0.288 e. The molecule has 0 amide bonds. The Morgan fingerprint density at radius 1 is 1.76 bits per heavy atom. The summed E-state index contributed by atoms with van der Waals surface area (Å²) in [6, 6.07) is 3.28. The summed E-state index contributed by atoms with van der Waals surface area (Å²) in [5.74, 6) is -0.479. The van der Waals surface area contributed by atoms with Crippen molar-refractivity contribution in [2.45, 2.75) is 6.54 Å². The molecule has 1 aromatic rings. The molecule has 0 spiro atoms. The Balaban J connectivity index is 2.53. The fraction of sp³-hybridized carbons (Fsp3) is 0.250. The number of hydroxylamine groups is 1. The molecular formula is C8H10ClN5O3. The van der Waals surface area contributed by atoms with Crippen LogP contribution in [0.5, 0.6) is 0 Å². The predicted molar refractivity (Wildman–Crippen MR) is 59.7 cm³/mol. The van der Waals surface area contributed by atoms with Gasteiger partial charge in [-0.1, -0.05) is 17.7 Å². The Morgan fingerprint density at radius 2 is 2.47 bits per heavy atom. The number of pyridine rings is 1. The first-order valence-electron chi connectivity index (χ1n) is 4.46. The lowest BCUT2D eigenvalue weighted by molar-refractivity contribution is -0.703. The standard InChI is InChI=1S/C8H10ClN5O3/c1-17-13(14(15)16)8(10)12-5-6-2-3-7(9)11-4-6/h2-4H,5H2,1H3,(H2,10,12). The molecule has 17 heavy (non-hydrogen) atoms. The Bertz CT molecular complexity index is 410. The van der Waals surface area contributed by atoms with E-state index in [4.69, 9.17) is 17.0 Å². The lowest BCUT2D eigenvalue weighted by atomic mass is 10.3. The van der Waals surface area contributed by atoms with Crippen molar-refractivity contribution in [2.75, 3.05) is 7.11 Å². The second-order valence-corrected chi connectivity index (χ2v) is 3.27. The van der Waals surface area contributed by atoms with Gasteiger partial charge in [0, 0.05) is 12.7 Å². The van der Waals surface area contributed by atoms with Crippen LogP contribution in [0.1, 0.15) is 5.56 Å². The third-order valence-electron chi connectivity index (χ3n) is 1.76. The molecule has 0 radical (unpaired) electrons. The fourth-order valence-electron chi connectivity index (χ4n) is 1.00. The summed E-state index contributed by atoms with van der Waals surface area (Å²) in [6.07, 6.45) is 1.51. The van der Waals surface area contributed by atoms with Crippen LogP contribution in [0.2, 0.25) is 5.15 Å². The van der Waals surface area contributed by atoms with Crippen LogP contribution in [0.4, 0.5) is 0 Å². The number of aromatic nitrogens is 1. The maximum absolute atomic E-state index is 10.4. The minimum atomic E-state index is -0.852. The highest BCUT2D eigenvalue weighted by Crippen LogP contribution is 2.04. The van der Waals surface area contributed by atoms with Gasteiger partial charge >= 0.3 is 0 Å². The second kappa shape index (κ2) is 5.97. The molecule has 9 heteroatoms. The van der Waals surface area contributed by atoms with E-state index in [-0.39, 0.29) is 11.7 Å². The molecular weight excluding hydrogens is 250 g/mol. The van der Waals surface area contributed by atoms with Crippen molar-refractivity contribution in [1.29, 1.82) is 5.41 Å². The highest BCUT2D eigenvalue weighted by atomic mass is 35.5. The van der Waals surface area contributed by atoms with E-state index >= 15 is 0 Å². The average molecular weight is 260 g/mol. The van der Waals surface area contributed by atoms with Gasteiger partial charge in [-0.15, -0.1) is 0 Å². The number of hydrogen-bond acceptors (Lipinski definition) is 5. The van der Waals surface area contributed by atoms with E-state index in [0.29, 0.717) is 5.15 Å². The molecule has 0 atom stereocenters. The highest BCUT2D eigenvalue weighted by Gasteiger charge is 2.20. The zero-order valence-corrected chi connectivity index (χ0v) is 9.64. The van der Waals surface area contributed by atoms with Gasteiger partial charge in [-0.25, -0.2) is 19.9 Å². The number of nitro groups is 1. The molecule has 0 aliphatic heterocycles. The number of guanidine groups is 1. The quantitative estimate of drug-likeness (QED) is 0.273. The molecule has 92 valence electrons. The van der Waals surface area contributed by atoms with Crippen molar-refractivity contribution in [3.8, 4) is 0 Å². The lowest BCUT2D eigenvalue weighted by Gasteiger charge is -2.12. The first kappa shape index (κ1) is 13.1. The van der Waals surface area contributed by atoms with E-state index in [1.807, 2.05) is 0 Å². The van der Waals surface area contributed by atoms with Gasteiger partial charge in [0.25, 0.3) is 5.96 Å². The van der Waals surface area contributed by atoms with Gasteiger partial charge in [-0.2, -0.15) is 0 Å². The summed E-state index contributed by atoms with van der Waals surface area (Å²) < 4.78 is 0. The van der Waals surface area contributed by atoms with E-state index in [2.05, 4.69) is 15.1 Å². The SMILES string of the molecule is CON(C(=N)NCc1ccc(Cl)nc1)[N+](=O)[O-]. The van der Waals surface area contributed by atoms with Gasteiger partial charge in [-0.05, 0) is 11.6 Å². The summed E-state index contributed by atoms with van der Waals surface area (Å²) in [5, 5.41) is 20.0. The van der Waals surface area contributed by atoms with Crippen LogP contribution in [0, 0.1) is 15.5 Å². The Hall–Kier alpha value is -1.93. The van der Waals surface area contributed by atoms with Gasteiger partial charge in [0.15, 0.2) is 5.03 Å². The number of rotatable bonds is 4. The Kier molecular flexibility index (Phi) is 4.61. The number of hydrogen-bond donors (Lipinski definition) is 2. The molecule has 0 aromatic carbocycles.